The molecule has 0 amide bonds. The fraction of sp³-hybridized carbons (Fsp3) is 0.429. The van der Waals surface area contributed by atoms with E-state index in [9.17, 15) is 4.39 Å². The summed E-state index contributed by atoms with van der Waals surface area (Å²) >= 11 is 0. The van der Waals surface area contributed by atoms with Crippen LogP contribution in [0.2, 0.25) is 0 Å². The van der Waals surface area contributed by atoms with E-state index in [1.807, 2.05) is 42.5 Å². The zero-order valence-corrected chi connectivity index (χ0v) is 9.53. The second-order valence-electron chi connectivity index (χ2n) is 4.55. The van der Waals surface area contributed by atoms with Gasteiger partial charge in [-0.2, -0.15) is 0 Å². The maximum atomic E-state index is 13.7. The maximum absolute atomic E-state index is 13.7. The first-order valence-corrected chi connectivity index (χ1v) is 5.69. The van der Waals surface area contributed by atoms with E-state index in [-0.39, 0.29) is 6.10 Å². The van der Waals surface area contributed by atoms with Crippen LogP contribution in [-0.4, -0.2) is 18.4 Å². The van der Waals surface area contributed by atoms with Gasteiger partial charge in [0.15, 0.2) is 0 Å². The fourth-order valence-electron chi connectivity index (χ4n) is 1.91. The molecule has 2 rings (SSSR count). The Morgan fingerprint density at radius 1 is 1.38 bits per heavy atom. The Labute approximate surface area is 95.9 Å². The third-order valence-electron chi connectivity index (χ3n) is 2.88. The molecule has 1 fully saturated rings. The highest BCUT2D eigenvalue weighted by atomic mass is 19.1. The van der Waals surface area contributed by atoms with Crippen LogP contribution in [0.4, 0.5) is 4.39 Å². The number of hydrogen-bond acceptors (Lipinski definition) is 1. The molecule has 2 atom stereocenters. The summed E-state index contributed by atoms with van der Waals surface area (Å²) in [5.74, 6) is 0. The molecule has 2 heteroatoms. The first-order valence-electron chi connectivity index (χ1n) is 5.69. The monoisotopic (exact) mass is 220 g/mol. The van der Waals surface area contributed by atoms with Crippen molar-refractivity contribution in [2.24, 2.45) is 0 Å². The van der Waals surface area contributed by atoms with Crippen molar-refractivity contribution in [3.63, 3.8) is 0 Å². The molecule has 16 heavy (non-hydrogen) atoms. The molecule has 0 saturated carbocycles. The zero-order chi connectivity index (χ0) is 11.4. The Bertz CT molecular complexity index is 356. The summed E-state index contributed by atoms with van der Waals surface area (Å²) in [6.07, 6.45) is 4.81. The fourth-order valence-corrected chi connectivity index (χ4v) is 1.91. The zero-order valence-electron chi connectivity index (χ0n) is 9.53. The molecule has 2 unspecified atom stereocenters. The van der Waals surface area contributed by atoms with Crippen LogP contribution in [-0.2, 0) is 4.74 Å². The minimum atomic E-state index is -1.08. The van der Waals surface area contributed by atoms with E-state index < -0.39 is 5.67 Å². The predicted molar refractivity (Wildman–Crippen MR) is 64.0 cm³/mol. The molecule has 1 aromatic carbocycles. The molecule has 1 heterocycles. The average molecular weight is 220 g/mol. The van der Waals surface area contributed by atoms with Crippen LogP contribution >= 0.6 is 0 Å². The first-order chi connectivity index (χ1) is 7.66. The van der Waals surface area contributed by atoms with E-state index in [2.05, 4.69) is 0 Å². The van der Waals surface area contributed by atoms with Crippen LogP contribution in [0.25, 0.3) is 6.08 Å². The van der Waals surface area contributed by atoms with Crippen molar-refractivity contribution in [1.29, 1.82) is 0 Å². The maximum Gasteiger partial charge on any atom is 0.113 e. The Morgan fingerprint density at radius 3 is 2.81 bits per heavy atom. The van der Waals surface area contributed by atoms with Gasteiger partial charge in [-0.1, -0.05) is 42.5 Å². The van der Waals surface area contributed by atoms with Gasteiger partial charge in [-0.15, -0.1) is 0 Å². The molecule has 0 radical (unpaired) electrons. The van der Waals surface area contributed by atoms with Crippen molar-refractivity contribution in [3.05, 3.63) is 42.0 Å². The van der Waals surface area contributed by atoms with Crippen molar-refractivity contribution < 1.29 is 9.13 Å². The number of benzene rings is 1. The minimum Gasteiger partial charge on any atom is -0.374 e. The number of ether oxygens (including phenoxy) is 1. The molecular weight excluding hydrogens is 203 g/mol. The lowest BCUT2D eigenvalue weighted by Gasteiger charge is -2.30. The van der Waals surface area contributed by atoms with Crippen molar-refractivity contribution in [1.82, 2.24) is 0 Å². The van der Waals surface area contributed by atoms with Crippen LogP contribution in [0.1, 0.15) is 25.3 Å². The van der Waals surface area contributed by atoms with Gasteiger partial charge in [0, 0.05) is 12.8 Å². The van der Waals surface area contributed by atoms with E-state index in [1.54, 1.807) is 6.92 Å². The van der Waals surface area contributed by atoms with Crippen LogP contribution in [0, 0.1) is 0 Å². The lowest BCUT2D eigenvalue weighted by molar-refractivity contribution is -0.0330. The average Bonchev–Trinajstić information content (AvgIpc) is 2.27. The van der Waals surface area contributed by atoms with Gasteiger partial charge in [0.05, 0.1) is 12.7 Å². The largest absolute Gasteiger partial charge is 0.374 e. The smallest absolute Gasteiger partial charge is 0.113 e. The standard InChI is InChI=1S/C14H17FO/c1-14(15)9-10-16-13(11-14)8-7-12-5-3-2-4-6-12/h2-8,13H,9-11H2,1H3. The van der Waals surface area contributed by atoms with E-state index >= 15 is 0 Å². The highest BCUT2D eigenvalue weighted by Gasteiger charge is 2.31. The summed E-state index contributed by atoms with van der Waals surface area (Å²) in [7, 11) is 0. The molecular formula is C14H17FO. The molecule has 0 spiro atoms. The summed E-state index contributed by atoms with van der Waals surface area (Å²) in [6, 6.07) is 10.00. The van der Waals surface area contributed by atoms with Gasteiger partial charge >= 0.3 is 0 Å². The first kappa shape index (κ1) is 11.3. The van der Waals surface area contributed by atoms with Crippen LogP contribution in [0.3, 0.4) is 0 Å². The number of hydrogen-bond donors (Lipinski definition) is 0. The van der Waals surface area contributed by atoms with E-state index in [1.165, 1.54) is 0 Å². The summed E-state index contributed by atoms with van der Waals surface area (Å²) in [6.45, 7) is 2.16. The third-order valence-corrected chi connectivity index (χ3v) is 2.88. The van der Waals surface area contributed by atoms with Crippen LogP contribution < -0.4 is 0 Å². The highest BCUT2D eigenvalue weighted by Crippen LogP contribution is 2.28. The number of rotatable bonds is 2. The summed E-state index contributed by atoms with van der Waals surface area (Å²) in [5, 5.41) is 0. The Morgan fingerprint density at radius 2 is 2.12 bits per heavy atom. The van der Waals surface area contributed by atoms with Crippen molar-refractivity contribution in [2.75, 3.05) is 6.61 Å². The number of alkyl halides is 1. The molecule has 0 bridgehead atoms. The van der Waals surface area contributed by atoms with Gasteiger partial charge in [0.1, 0.15) is 5.67 Å². The van der Waals surface area contributed by atoms with E-state index in [0.29, 0.717) is 19.4 Å². The van der Waals surface area contributed by atoms with E-state index in [4.69, 9.17) is 4.74 Å². The van der Waals surface area contributed by atoms with Crippen molar-refractivity contribution in [2.45, 2.75) is 31.5 Å². The second-order valence-corrected chi connectivity index (χ2v) is 4.55. The van der Waals surface area contributed by atoms with Gasteiger partial charge in [0.25, 0.3) is 0 Å². The third kappa shape index (κ3) is 3.17. The second kappa shape index (κ2) is 4.79. The minimum absolute atomic E-state index is 0.0936. The van der Waals surface area contributed by atoms with Crippen LogP contribution in [0.15, 0.2) is 36.4 Å². The van der Waals surface area contributed by atoms with Gasteiger partial charge < -0.3 is 4.74 Å². The summed E-state index contributed by atoms with van der Waals surface area (Å²) < 4.78 is 19.2. The normalized spacial score (nSPS) is 30.8. The molecule has 0 N–H and O–H groups in total. The Kier molecular flexibility index (Phi) is 3.39. The predicted octanol–water partition coefficient (Wildman–Crippen LogP) is 3.61. The van der Waals surface area contributed by atoms with Crippen molar-refractivity contribution >= 4 is 6.08 Å². The number of halogens is 1. The molecule has 0 aliphatic carbocycles. The van der Waals surface area contributed by atoms with Crippen molar-refractivity contribution in [3.8, 4) is 0 Å². The van der Waals surface area contributed by atoms with Gasteiger partial charge in [0.2, 0.25) is 0 Å². The summed E-state index contributed by atoms with van der Waals surface area (Å²) in [5.41, 5.74) is 0.0430. The van der Waals surface area contributed by atoms with Crippen LogP contribution in [0.5, 0.6) is 0 Å². The molecule has 1 aliphatic heterocycles. The SMILES string of the molecule is CC1(F)CCOC(C=Cc2ccccc2)C1. The lowest BCUT2D eigenvalue weighted by Crippen LogP contribution is -2.33. The quantitative estimate of drug-likeness (QED) is 0.739. The van der Waals surface area contributed by atoms with Gasteiger partial charge in [-0.3, -0.25) is 0 Å². The molecule has 1 saturated heterocycles. The highest BCUT2D eigenvalue weighted by molar-refractivity contribution is 5.49. The summed E-state index contributed by atoms with van der Waals surface area (Å²) in [4.78, 5) is 0. The molecule has 1 nitrogen and oxygen atoms in total. The molecule has 1 aromatic rings. The Balaban J connectivity index is 1.97. The Hall–Kier alpha value is -1.15. The lowest BCUT2D eigenvalue weighted by atomic mass is 9.94. The molecule has 1 aliphatic rings. The topological polar surface area (TPSA) is 9.23 Å². The van der Waals surface area contributed by atoms with Gasteiger partial charge in [-0.25, -0.2) is 4.39 Å². The van der Waals surface area contributed by atoms with E-state index in [0.717, 1.165) is 5.56 Å². The van der Waals surface area contributed by atoms with Gasteiger partial charge in [-0.05, 0) is 12.5 Å². The molecule has 86 valence electrons. The molecule has 0 aromatic heterocycles.